The Labute approximate surface area is 273 Å². The van der Waals surface area contributed by atoms with Crippen LogP contribution in [0, 0.1) is 5.41 Å². The van der Waals surface area contributed by atoms with Crippen LogP contribution < -0.4 is 9.64 Å². The second kappa shape index (κ2) is 13.8. The first kappa shape index (κ1) is 33.4. The molecule has 0 spiro atoms. The fourth-order valence-electron chi connectivity index (χ4n) is 5.97. The van der Waals surface area contributed by atoms with Gasteiger partial charge in [-0.15, -0.1) is 0 Å². The number of ether oxygens (including phenoxy) is 1. The Kier molecular flexibility index (Phi) is 10.0. The number of nitrogens with one attached hydrogen (secondary N) is 1. The number of aromatic nitrogens is 2. The van der Waals surface area contributed by atoms with E-state index in [9.17, 15) is 9.90 Å². The highest BCUT2D eigenvalue weighted by molar-refractivity contribution is 7.79. The third-order valence-electron chi connectivity index (χ3n) is 8.33. The molecule has 2 aromatic heterocycles. The maximum absolute atomic E-state index is 12.0. The van der Waals surface area contributed by atoms with E-state index < -0.39 is 16.4 Å². The van der Waals surface area contributed by atoms with Crippen LogP contribution in [-0.2, 0) is 10.4 Å². The lowest BCUT2D eigenvalue weighted by Crippen LogP contribution is -2.47. The smallest absolute Gasteiger partial charge is 0.394 e. The summed E-state index contributed by atoms with van der Waals surface area (Å²) in [5.41, 5.74) is 6.43. The second-order valence-electron chi connectivity index (χ2n) is 12.3. The average Bonchev–Trinajstić information content (AvgIpc) is 3.46. The Balaban J connectivity index is 0.000000775. The van der Waals surface area contributed by atoms with E-state index in [4.69, 9.17) is 33.9 Å². The van der Waals surface area contributed by atoms with Crippen LogP contribution in [0.15, 0.2) is 72.6 Å². The molecule has 2 aliphatic rings. The fourth-order valence-corrected chi connectivity index (χ4v) is 6.10. The lowest BCUT2D eigenvalue weighted by molar-refractivity contribution is 0.0694. The monoisotopic (exact) mass is 668 g/mol. The van der Waals surface area contributed by atoms with Gasteiger partial charge in [0.25, 0.3) is 0 Å². The van der Waals surface area contributed by atoms with Crippen LogP contribution in [0.25, 0.3) is 16.6 Å². The van der Waals surface area contributed by atoms with Crippen LogP contribution in [-0.4, -0.2) is 76.2 Å². The van der Waals surface area contributed by atoms with Gasteiger partial charge in [0.05, 0.1) is 6.20 Å². The lowest BCUT2D eigenvalue weighted by atomic mass is 9.72. The zero-order valence-corrected chi connectivity index (χ0v) is 27.2. The predicted octanol–water partition coefficient (Wildman–Crippen LogP) is 6.84. The minimum absolute atomic E-state index is 0.128. The number of rotatable bonds is 7. The zero-order valence-electron chi connectivity index (χ0n) is 25.6. The molecule has 1 saturated heterocycles. The van der Waals surface area contributed by atoms with Crippen LogP contribution in [0.3, 0.4) is 0 Å². The number of aromatic amines is 1. The molecule has 0 saturated carbocycles. The first-order chi connectivity index (χ1) is 21.7. The number of carboxylic acid groups (broad SMARTS) is 1. The molecule has 46 heavy (non-hydrogen) atoms. The molecule has 3 heterocycles. The van der Waals surface area contributed by atoms with Gasteiger partial charge in [-0.05, 0) is 72.2 Å². The Hall–Kier alpha value is -3.94. The number of aromatic carboxylic acids is 1. The molecule has 2 aromatic carbocycles. The molecule has 13 heteroatoms. The number of hydrogen-bond donors (Lipinski definition) is 4. The summed E-state index contributed by atoms with van der Waals surface area (Å²) < 4.78 is 37.7. The van der Waals surface area contributed by atoms with Gasteiger partial charge in [0.1, 0.15) is 22.7 Å². The van der Waals surface area contributed by atoms with Crippen molar-refractivity contribution in [2.45, 2.75) is 33.1 Å². The van der Waals surface area contributed by atoms with Crippen molar-refractivity contribution in [2.24, 2.45) is 5.41 Å². The summed E-state index contributed by atoms with van der Waals surface area (Å²) in [6.45, 7) is 9.29. The van der Waals surface area contributed by atoms with Gasteiger partial charge in [-0.2, -0.15) is 8.42 Å². The molecule has 0 atom stereocenters. The molecule has 1 aliphatic heterocycles. The third-order valence-corrected chi connectivity index (χ3v) is 8.58. The van der Waals surface area contributed by atoms with E-state index in [2.05, 4.69) is 45.7 Å². The second-order valence-corrected chi connectivity index (χ2v) is 13.6. The number of allylic oxidation sites excluding steroid dienone is 1. The summed E-state index contributed by atoms with van der Waals surface area (Å²) in [5.74, 6) is -0.203. The van der Waals surface area contributed by atoms with E-state index >= 15 is 0 Å². The zero-order chi connectivity index (χ0) is 33.1. The molecule has 1 aliphatic carbocycles. The topological polar surface area (TPSA) is 156 Å². The molecule has 6 rings (SSSR count). The van der Waals surface area contributed by atoms with Crippen LogP contribution >= 0.6 is 11.6 Å². The molecule has 244 valence electrons. The number of nitrogens with zero attached hydrogens (tertiary/aromatic N) is 3. The SMILES string of the molecule is CC1(C)CCC(CN2CCN(c3ccc(C(=O)O)c(Oc4cnc5[nH]ccc5c4)c3)CC2)=C(c2ccc(Cl)cc2)C1.O=S(=O)(O)O. The van der Waals surface area contributed by atoms with Gasteiger partial charge in [0, 0.05) is 61.1 Å². The van der Waals surface area contributed by atoms with E-state index in [1.54, 1.807) is 12.3 Å². The van der Waals surface area contributed by atoms with E-state index in [-0.39, 0.29) is 5.56 Å². The van der Waals surface area contributed by atoms with E-state index in [1.807, 2.05) is 42.6 Å². The molecular formula is C33H37ClN4O7S. The van der Waals surface area contributed by atoms with Gasteiger partial charge in [0.2, 0.25) is 0 Å². The number of fused-ring (bicyclic) bond motifs is 1. The number of pyridine rings is 1. The number of hydrogen-bond acceptors (Lipinski definition) is 7. The fraction of sp³-hybridized carbons (Fsp3) is 0.333. The normalized spacial score (nSPS) is 17.0. The minimum atomic E-state index is -4.67. The third kappa shape index (κ3) is 8.86. The summed E-state index contributed by atoms with van der Waals surface area (Å²) in [4.78, 5) is 24.2. The Bertz CT molecular complexity index is 1840. The highest BCUT2D eigenvalue weighted by atomic mass is 35.5. The van der Waals surface area contributed by atoms with Crippen LogP contribution in [0.5, 0.6) is 11.5 Å². The summed E-state index contributed by atoms with van der Waals surface area (Å²) in [7, 11) is -4.67. The van der Waals surface area contributed by atoms with Gasteiger partial charge >= 0.3 is 16.4 Å². The number of anilines is 1. The molecule has 1 fully saturated rings. The Morgan fingerprint density at radius 1 is 1.04 bits per heavy atom. The van der Waals surface area contributed by atoms with Crippen molar-refractivity contribution in [2.75, 3.05) is 37.6 Å². The van der Waals surface area contributed by atoms with Crippen molar-refractivity contribution in [1.82, 2.24) is 14.9 Å². The molecular weight excluding hydrogens is 632 g/mol. The lowest BCUT2D eigenvalue weighted by Gasteiger charge is -2.39. The van der Waals surface area contributed by atoms with E-state index in [1.165, 1.54) is 23.1 Å². The van der Waals surface area contributed by atoms with Crippen molar-refractivity contribution < 1.29 is 32.2 Å². The first-order valence-electron chi connectivity index (χ1n) is 14.9. The summed E-state index contributed by atoms with van der Waals surface area (Å²) >= 11 is 6.18. The Morgan fingerprint density at radius 2 is 1.74 bits per heavy atom. The van der Waals surface area contributed by atoms with Crippen molar-refractivity contribution >= 4 is 50.3 Å². The number of H-pyrrole nitrogens is 1. The molecule has 4 N–H and O–H groups in total. The highest BCUT2D eigenvalue weighted by Crippen LogP contribution is 2.43. The van der Waals surface area contributed by atoms with Crippen molar-refractivity contribution in [3.63, 3.8) is 0 Å². The number of piperazine rings is 1. The first-order valence-corrected chi connectivity index (χ1v) is 16.6. The minimum Gasteiger partial charge on any atom is -0.478 e. The maximum atomic E-state index is 12.0. The number of carbonyl (C=O) groups is 1. The van der Waals surface area contributed by atoms with Gasteiger partial charge in [-0.3, -0.25) is 14.0 Å². The largest absolute Gasteiger partial charge is 0.478 e. The molecule has 0 bridgehead atoms. The van der Waals surface area contributed by atoms with E-state index in [0.717, 1.165) is 67.3 Å². The van der Waals surface area contributed by atoms with Gasteiger partial charge < -0.3 is 19.7 Å². The van der Waals surface area contributed by atoms with Crippen LogP contribution in [0.4, 0.5) is 5.69 Å². The summed E-state index contributed by atoms with van der Waals surface area (Å²) in [6.07, 6.45) is 6.81. The molecule has 0 radical (unpaired) electrons. The summed E-state index contributed by atoms with van der Waals surface area (Å²) in [6, 6.07) is 17.4. The molecule has 4 aromatic rings. The molecule has 11 nitrogen and oxygen atoms in total. The average molecular weight is 669 g/mol. The van der Waals surface area contributed by atoms with Crippen molar-refractivity contribution in [1.29, 1.82) is 0 Å². The quantitative estimate of drug-likeness (QED) is 0.154. The molecule has 0 unspecified atom stereocenters. The van der Waals surface area contributed by atoms with E-state index in [0.29, 0.717) is 16.9 Å². The van der Waals surface area contributed by atoms with Crippen molar-refractivity contribution in [3.8, 4) is 11.5 Å². The van der Waals surface area contributed by atoms with Crippen LogP contribution in [0.2, 0.25) is 5.02 Å². The van der Waals surface area contributed by atoms with Crippen LogP contribution in [0.1, 0.15) is 49.0 Å². The van der Waals surface area contributed by atoms with Gasteiger partial charge in [-0.1, -0.05) is 43.2 Å². The van der Waals surface area contributed by atoms with Gasteiger partial charge in [0.15, 0.2) is 0 Å². The number of benzene rings is 2. The standard InChI is InChI=1S/C33H35ClN4O3.H2O4S/c1-33(2)11-9-24(29(19-33)22-3-5-25(34)6-4-22)21-37-13-15-38(16-14-37)26-7-8-28(32(39)40)30(18-26)41-27-17-23-10-12-35-31(23)36-20-27;1-5(2,3)4/h3-8,10,12,17-18,20H,9,11,13-16,19,21H2,1-2H3,(H,35,36)(H,39,40);(H2,1,2,3,4). The highest BCUT2D eigenvalue weighted by Gasteiger charge is 2.29. The maximum Gasteiger partial charge on any atom is 0.394 e. The Morgan fingerprint density at radius 3 is 2.41 bits per heavy atom. The van der Waals surface area contributed by atoms with Crippen molar-refractivity contribution in [3.05, 3.63) is 88.7 Å². The summed E-state index contributed by atoms with van der Waals surface area (Å²) in [5, 5.41) is 11.5. The van der Waals surface area contributed by atoms with Gasteiger partial charge in [-0.25, -0.2) is 9.78 Å². The molecule has 0 amide bonds. The number of halogens is 1. The number of carboxylic acids is 1. The predicted molar refractivity (Wildman–Crippen MR) is 178 cm³/mol.